The molecule has 8 aromatic carbocycles. The lowest BCUT2D eigenvalue weighted by Gasteiger charge is -2.27. The molecule has 8 aromatic rings. The van der Waals surface area contributed by atoms with Crippen molar-refractivity contribution in [2.45, 2.75) is 50.1 Å². The van der Waals surface area contributed by atoms with Gasteiger partial charge in [0.2, 0.25) is 0 Å². The van der Waals surface area contributed by atoms with Gasteiger partial charge < -0.3 is 51.1 Å². The third-order valence-corrected chi connectivity index (χ3v) is 12.7. The van der Waals surface area contributed by atoms with Crippen molar-refractivity contribution in [1.82, 2.24) is 0 Å². The molecule has 4 atom stereocenters. The minimum atomic E-state index is -1.64. The molecule has 10 nitrogen and oxygen atoms in total. The van der Waals surface area contributed by atoms with E-state index < -0.39 is 24.4 Å². The van der Waals surface area contributed by atoms with E-state index in [9.17, 15) is 51.1 Å². The molecule has 4 unspecified atom stereocenters. The first-order chi connectivity index (χ1) is 31.8. The van der Waals surface area contributed by atoms with Gasteiger partial charge in [0.25, 0.3) is 0 Å². The summed E-state index contributed by atoms with van der Waals surface area (Å²) in [5.74, 6) is -1.33. The molecule has 66 heavy (non-hydrogen) atoms. The zero-order valence-corrected chi connectivity index (χ0v) is 35.6. The van der Waals surface area contributed by atoms with E-state index in [1.807, 2.05) is 60.7 Å². The molecule has 0 aliphatic heterocycles. The number of aryl methyl sites for hydroxylation is 4. The molecule has 0 saturated carbocycles. The van der Waals surface area contributed by atoms with Crippen LogP contribution in [-0.2, 0) is 25.7 Å². The molecule has 0 aromatic heterocycles. The lowest BCUT2D eigenvalue weighted by atomic mass is 9.82. The van der Waals surface area contributed by atoms with Gasteiger partial charge in [0.1, 0.15) is 58.9 Å². The van der Waals surface area contributed by atoms with Crippen LogP contribution in [0.15, 0.2) is 158 Å². The number of hydrogen-bond donors (Lipinski definition) is 10. The summed E-state index contributed by atoms with van der Waals surface area (Å²) >= 11 is 0. The average Bonchev–Trinajstić information content (AvgIpc) is 3.32. The van der Waals surface area contributed by atoms with Crippen molar-refractivity contribution in [2.75, 3.05) is 0 Å². The number of aliphatic hydroxyl groups is 4. The molecular weight excluding hydrogens is 833 g/mol. The zero-order chi connectivity index (χ0) is 46.2. The molecule has 0 radical (unpaired) electrons. The van der Waals surface area contributed by atoms with Crippen LogP contribution in [0.2, 0.25) is 0 Å². The Morgan fingerprint density at radius 2 is 0.591 bits per heavy atom. The van der Waals surface area contributed by atoms with Crippen molar-refractivity contribution < 1.29 is 51.1 Å². The Balaban J connectivity index is 1.32. The summed E-state index contributed by atoms with van der Waals surface area (Å²) in [6, 6.07) is 43.0. The van der Waals surface area contributed by atoms with E-state index in [0.717, 1.165) is 11.1 Å². The van der Waals surface area contributed by atoms with Gasteiger partial charge in [-0.3, -0.25) is 0 Å². The molecule has 0 heterocycles. The molecule has 10 N–H and O–H groups in total. The highest BCUT2D eigenvalue weighted by Crippen LogP contribution is 2.48. The quantitative estimate of drug-likeness (QED) is 0.0701. The fraction of sp³-hybridized carbons (Fsp3) is 0.143. The normalized spacial score (nSPS) is 16.8. The number of hydrogen-bond acceptors (Lipinski definition) is 10. The Bertz CT molecular complexity index is 2830. The molecule has 0 fully saturated rings. The van der Waals surface area contributed by atoms with Crippen LogP contribution in [-0.4, -0.2) is 51.1 Å². The van der Waals surface area contributed by atoms with Crippen LogP contribution in [0.4, 0.5) is 0 Å². The Labute approximate surface area is 381 Å². The van der Waals surface area contributed by atoms with Crippen LogP contribution >= 0.6 is 0 Å². The van der Waals surface area contributed by atoms with Crippen LogP contribution in [0.1, 0.15) is 91.2 Å². The highest BCUT2D eigenvalue weighted by Gasteiger charge is 2.31. The van der Waals surface area contributed by atoms with Crippen molar-refractivity contribution in [2.24, 2.45) is 0 Å². The molecule has 1 aliphatic carbocycles. The number of benzene rings is 8. The Hall–Kier alpha value is -7.60. The maximum absolute atomic E-state index is 12.6. The van der Waals surface area contributed by atoms with Crippen LogP contribution in [0.5, 0.6) is 34.5 Å². The highest BCUT2D eigenvalue weighted by molar-refractivity contribution is 5.75. The number of aliphatic hydroxyl groups excluding tert-OH is 4. The van der Waals surface area contributed by atoms with Gasteiger partial charge in [0, 0.05) is 22.3 Å². The second-order valence-electron chi connectivity index (χ2n) is 16.9. The van der Waals surface area contributed by atoms with Crippen LogP contribution in [0, 0.1) is 0 Å². The summed E-state index contributed by atoms with van der Waals surface area (Å²) in [5, 5.41) is 118. The summed E-state index contributed by atoms with van der Waals surface area (Å²) in [5.41, 5.74) is 5.23. The second kappa shape index (κ2) is 18.1. The highest BCUT2D eigenvalue weighted by atomic mass is 16.3. The topological polar surface area (TPSA) is 202 Å². The first-order valence-corrected chi connectivity index (χ1v) is 21.7. The first-order valence-electron chi connectivity index (χ1n) is 21.7. The molecular formula is C56H48O10. The van der Waals surface area contributed by atoms with E-state index in [0.29, 0.717) is 59.1 Å². The summed E-state index contributed by atoms with van der Waals surface area (Å²) < 4.78 is 0. The average molecular weight is 881 g/mol. The first kappa shape index (κ1) is 43.6. The Morgan fingerprint density at radius 3 is 0.939 bits per heavy atom. The Kier molecular flexibility index (Phi) is 12.0. The molecule has 0 saturated heterocycles. The fourth-order valence-corrected chi connectivity index (χ4v) is 9.15. The molecule has 0 amide bonds. The van der Waals surface area contributed by atoms with Crippen molar-refractivity contribution in [3.05, 3.63) is 224 Å². The van der Waals surface area contributed by atoms with Gasteiger partial charge in [-0.2, -0.15) is 0 Å². The van der Waals surface area contributed by atoms with Gasteiger partial charge in [-0.1, -0.05) is 84.9 Å². The predicted octanol–water partition coefficient (Wildman–Crippen LogP) is 9.46. The van der Waals surface area contributed by atoms with Crippen molar-refractivity contribution in [3.8, 4) is 56.8 Å². The third kappa shape index (κ3) is 8.54. The lowest BCUT2D eigenvalue weighted by Crippen LogP contribution is -2.13. The third-order valence-electron chi connectivity index (χ3n) is 12.7. The number of phenols is 6. The molecule has 0 spiro atoms. The van der Waals surface area contributed by atoms with Gasteiger partial charge in [0.15, 0.2) is 0 Å². The maximum Gasteiger partial charge on any atom is 0.122 e. The molecule has 8 bridgehead atoms. The summed E-state index contributed by atoms with van der Waals surface area (Å²) in [7, 11) is 0. The van der Waals surface area contributed by atoms with Crippen molar-refractivity contribution in [1.29, 1.82) is 0 Å². The van der Waals surface area contributed by atoms with E-state index in [4.69, 9.17) is 0 Å². The minimum absolute atomic E-state index is 0.0169. The summed E-state index contributed by atoms with van der Waals surface area (Å²) in [4.78, 5) is 0. The van der Waals surface area contributed by atoms with Crippen LogP contribution in [0.25, 0.3) is 22.3 Å². The number of rotatable bonds is 8. The molecule has 1 aliphatic rings. The van der Waals surface area contributed by atoms with E-state index in [2.05, 4.69) is 0 Å². The summed E-state index contributed by atoms with van der Waals surface area (Å²) in [6.07, 6.45) is -4.83. The van der Waals surface area contributed by atoms with Crippen LogP contribution in [0.3, 0.4) is 0 Å². The summed E-state index contributed by atoms with van der Waals surface area (Å²) in [6.45, 7) is 0. The van der Waals surface area contributed by atoms with E-state index >= 15 is 0 Å². The van der Waals surface area contributed by atoms with Gasteiger partial charge in [-0.15, -0.1) is 0 Å². The van der Waals surface area contributed by atoms with Gasteiger partial charge in [-0.25, -0.2) is 0 Å². The van der Waals surface area contributed by atoms with Gasteiger partial charge in [-0.05, 0) is 165 Å². The maximum atomic E-state index is 12.6. The Morgan fingerprint density at radius 1 is 0.288 bits per heavy atom. The second-order valence-corrected chi connectivity index (χ2v) is 16.9. The number of fused-ring (bicyclic) bond motifs is 8. The predicted molar refractivity (Wildman–Crippen MR) is 251 cm³/mol. The lowest BCUT2D eigenvalue weighted by molar-refractivity contribution is 0.201. The van der Waals surface area contributed by atoms with Crippen molar-refractivity contribution >= 4 is 0 Å². The number of aromatic hydroxyl groups is 6. The van der Waals surface area contributed by atoms with E-state index in [1.54, 1.807) is 24.3 Å². The fourth-order valence-electron chi connectivity index (χ4n) is 9.15. The van der Waals surface area contributed by atoms with Crippen molar-refractivity contribution in [3.63, 3.8) is 0 Å². The molecule has 332 valence electrons. The standard InChI is InChI=1S/C56H48O10/c57-37-19-15-33(16-20-37)39-29-51(61)47-27-43(39)56(66)46-26-42(36(24-50(46)60)14-12-32-9-5-2-6-10-32)54(64)48-28-44(40(30-52(48)62)34-17-21-38(58)22-18-34)55(65)45-25-41(53(47)63)35(23-49(45)59)13-11-31-7-3-1-4-8-31/h1-10,15-30,53-66H,11-14H2. The minimum Gasteiger partial charge on any atom is -0.508 e. The van der Waals surface area contributed by atoms with Crippen LogP contribution < -0.4 is 0 Å². The van der Waals surface area contributed by atoms with E-state index in [1.165, 1.54) is 72.8 Å². The SMILES string of the molecule is Oc1ccc(-c2cc(O)c3cc2C(O)c2cc(c(CCc4ccccc4)cc2O)C(O)c2cc(c(-c4ccc(O)cc4)cc2O)C(O)c2cc(c(CCc4ccccc4)cc2O)C3O)cc1. The largest absolute Gasteiger partial charge is 0.508 e. The smallest absolute Gasteiger partial charge is 0.122 e. The zero-order valence-electron chi connectivity index (χ0n) is 35.6. The van der Waals surface area contributed by atoms with Gasteiger partial charge >= 0.3 is 0 Å². The van der Waals surface area contributed by atoms with Gasteiger partial charge in [0.05, 0.1) is 0 Å². The monoisotopic (exact) mass is 880 g/mol. The molecule has 9 rings (SSSR count). The number of phenolic OH excluding ortho intramolecular Hbond substituents is 6. The van der Waals surface area contributed by atoms with E-state index in [-0.39, 0.29) is 79.0 Å². The molecule has 10 heteroatoms.